The summed E-state index contributed by atoms with van der Waals surface area (Å²) in [7, 11) is 0. The van der Waals surface area contributed by atoms with Crippen molar-refractivity contribution in [2.24, 2.45) is 0 Å². The van der Waals surface area contributed by atoms with Crippen LogP contribution in [0, 0.1) is 0 Å². The van der Waals surface area contributed by atoms with Crippen molar-refractivity contribution < 1.29 is 19.1 Å². The summed E-state index contributed by atoms with van der Waals surface area (Å²) in [6, 6.07) is 1.56. The fraction of sp³-hybridized carbons (Fsp3) is 0.444. The van der Waals surface area contributed by atoms with Gasteiger partial charge in [0.15, 0.2) is 0 Å². The third-order valence-corrected chi connectivity index (χ3v) is 3.16. The summed E-state index contributed by atoms with van der Waals surface area (Å²) in [6.45, 7) is 1.58. The Morgan fingerprint density at radius 1 is 1.64 bits per heavy atom. The summed E-state index contributed by atoms with van der Waals surface area (Å²) in [5, 5.41) is 9.18. The minimum Gasteiger partial charge on any atom is -0.478 e. The van der Waals surface area contributed by atoms with Crippen molar-refractivity contribution in [3.8, 4) is 0 Å². The lowest BCUT2D eigenvalue weighted by atomic mass is 10.3. The van der Waals surface area contributed by atoms with Crippen molar-refractivity contribution in [3.63, 3.8) is 0 Å². The van der Waals surface area contributed by atoms with E-state index < -0.39 is 5.97 Å². The summed E-state index contributed by atoms with van der Waals surface area (Å²) >= 11 is 1.73. The number of ether oxygens (including phenoxy) is 1. The number of hydrogen-bond acceptors (Lipinski definition) is 4. The van der Waals surface area contributed by atoms with E-state index in [0.29, 0.717) is 16.8 Å². The number of rotatable bonds is 4. The van der Waals surface area contributed by atoms with Crippen molar-refractivity contribution in [1.29, 1.82) is 0 Å². The van der Waals surface area contributed by atoms with E-state index in [1.807, 2.05) is 0 Å². The highest BCUT2D eigenvalue weighted by atomic mass is 32.2. The largest absolute Gasteiger partial charge is 0.478 e. The van der Waals surface area contributed by atoms with Crippen LogP contribution in [-0.4, -0.2) is 29.5 Å². The van der Waals surface area contributed by atoms with Crippen LogP contribution >= 0.6 is 11.8 Å². The molecular weight excluding hydrogens is 204 g/mol. The highest BCUT2D eigenvalue weighted by Gasteiger charge is 2.19. The Labute approximate surface area is 85.2 Å². The lowest BCUT2D eigenvalue weighted by Gasteiger charge is -2.24. The number of carbonyl (C=O) groups is 1. The van der Waals surface area contributed by atoms with E-state index in [9.17, 15) is 4.79 Å². The number of carboxylic acid groups (broad SMARTS) is 1. The lowest BCUT2D eigenvalue weighted by molar-refractivity contribution is 0.0454. The molecule has 0 bridgehead atoms. The molecule has 0 saturated carbocycles. The standard InChI is InChI=1S/C9H10O4S/c10-9(11)6-1-7(13-2-6)5-14-8-3-12-4-8/h1-2,8H,3-5H2,(H,10,11). The molecule has 0 aliphatic carbocycles. The van der Waals surface area contributed by atoms with E-state index >= 15 is 0 Å². The molecule has 1 aromatic heterocycles. The SMILES string of the molecule is O=C(O)c1coc(CSC2COC2)c1. The quantitative estimate of drug-likeness (QED) is 0.825. The molecule has 0 spiro atoms. The van der Waals surface area contributed by atoms with E-state index in [1.54, 1.807) is 17.8 Å². The van der Waals surface area contributed by atoms with Gasteiger partial charge >= 0.3 is 5.97 Å². The van der Waals surface area contributed by atoms with Crippen LogP contribution in [0.25, 0.3) is 0 Å². The van der Waals surface area contributed by atoms with E-state index in [0.717, 1.165) is 13.2 Å². The van der Waals surface area contributed by atoms with Crippen molar-refractivity contribution in [2.75, 3.05) is 13.2 Å². The van der Waals surface area contributed by atoms with Gasteiger partial charge in [0.05, 0.1) is 29.8 Å². The van der Waals surface area contributed by atoms with Gasteiger partial charge in [-0.15, -0.1) is 11.8 Å². The number of thioether (sulfide) groups is 1. The van der Waals surface area contributed by atoms with E-state index in [-0.39, 0.29) is 5.56 Å². The van der Waals surface area contributed by atoms with Gasteiger partial charge in [-0.1, -0.05) is 0 Å². The van der Waals surface area contributed by atoms with Crippen molar-refractivity contribution in [1.82, 2.24) is 0 Å². The highest BCUT2D eigenvalue weighted by Crippen LogP contribution is 2.24. The maximum Gasteiger partial charge on any atom is 0.338 e. The topological polar surface area (TPSA) is 59.7 Å². The molecule has 0 amide bonds. The molecule has 0 aromatic carbocycles. The van der Waals surface area contributed by atoms with Gasteiger partial charge in [0.25, 0.3) is 0 Å². The first-order valence-electron chi connectivity index (χ1n) is 4.26. The zero-order valence-corrected chi connectivity index (χ0v) is 8.25. The monoisotopic (exact) mass is 214 g/mol. The Hall–Kier alpha value is -0.940. The molecule has 4 nitrogen and oxygen atoms in total. The predicted molar refractivity (Wildman–Crippen MR) is 51.6 cm³/mol. The van der Waals surface area contributed by atoms with Crippen LogP contribution in [0.2, 0.25) is 0 Å². The van der Waals surface area contributed by atoms with E-state index in [4.69, 9.17) is 14.3 Å². The summed E-state index contributed by atoms with van der Waals surface area (Å²) in [6.07, 6.45) is 1.27. The first-order valence-corrected chi connectivity index (χ1v) is 5.30. The van der Waals surface area contributed by atoms with Crippen LogP contribution in [0.1, 0.15) is 16.1 Å². The number of carboxylic acids is 1. The average molecular weight is 214 g/mol. The minimum atomic E-state index is -0.947. The summed E-state index contributed by atoms with van der Waals surface area (Å²) < 4.78 is 10.1. The van der Waals surface area contributed by atoms with Gasteiger partial charge in [0.2, 0.25) is 0 Å². The molecule has 0 unspecified atom stereocenters. The number of furan rings is 1. The molecule has 1 N–H and O–H groups in total. The van der Waals surface area contributed by atoms with E-state index in [1.165, 1.54) is 6.26 Å². The lowest BCUT2D eigenvalue weighted by Crippen LogP contribution is -2.30. The highest BCUT2D eigenvalue weighted by molar-refractivity contribution is 7.99. The van der Waals surface area contributed by atoms with Crippen molar-refractivity contribution in [3.05, 3.63) is 23.7 Å². The smallest absolute Gasteiger partial charge is 0.338 e. The molecule has 1 aliphatic heterocycles. The molecule has 14 heavy (non-hydrogen) atoms. The normalized spacial score (nSPS) is 16.6. The average Bonchev–Trinajstić information content (AvgIpc) is 2.50. The molecule has 1 fully saturated rings. The van der Waals surface area contributed by atoms with Crippen LogP contribution < -0.4 is 0 Å². The molecule has 1 saturated heterocycles. The maximum absolute atomic E-state index is 10.5. The molecule has 5 heteroatoms. The van der Waals surface area contributed by atoms with Crippen LogP contribution in [0.4, 0.5) is 0 Å². The first kappa shape index (κ1) is 9.61. The Bertz CT molecular complexity index is 329. The zero-order valence-electron chi connectivity index (χ0n) is 7.43. The molecule has 1 aromatic rings. The third kappa shape index (κ3) is 2.10. The Kier molecular flexibility index (Phi) is 2.79. The summed E-state index contributed by atoms with van der Waals surface area (Å²) in [5.41, 5.74) is 0.213. The predicted octanol–water partition coefficient (Wildman–Crippen LogP) is 1.61. The number of aromatic carboxylic acids is 1. The van der Waals surface area contributed by atoms with Crippen LogP contribution in [0.15, 0.2) is 16.7 Å². The summed E-state index contributed by atoms with van der Waals surface area (Å²) in [5.74, 6) is 0.470. The van der Waals surface area contributed by atoms with Gasteiger partial charge in [0, 0.05) is 0 Å². The summed E-state index contributed by atoms with van der Waals surface area (Å²) in [4.78, 5) is 10.5. The molecular formula is C9H10O4S. The van der Waals surface area contributed by atoms with Crippen molar-refractivity contribution in [2.45, 2.75) is 11.0 Å². The fourth-order valence-corrected chi connectivity index (χ4v) is 2.02. The minimum absolute atomic E-state index is 0.213. The molecule has 0 atom stereocenters. The fourth-order valence-electron chi connectivity index (χ4n) is 1.08. The second kappa shape index (κ2) is 4.06. The van der Waals surface area contributed by atoms with Crippen LogP contribution in [0.3, 0.4) is 0 Å². The maximum atomic E-state index is 10.5. The Balaban J connectivity index is 1.86. The number of hydrogen-bond donors (Lipinski definition) is 1. The van der Waals surface area contributed by atoms with Gasteiger partial charge in [-0.2, -0.15) is 0 Å². The molecule has 76 valence electrons. The third-order valence-electron chi connectivity index (χ3n) is 1.97. The van der Waals surface area contributed by atoms with Gasteiger partial charge < -0.3 is 14.3 Å². The molecule has 2 rings (SSSR count). The van der Waals surface area contributed by atoms with Gasteiger partial charge in [0.1, 0.15) is 12.0 Å². The zero-order chi connectivity index (χ0) is 9.97. The second-order valence-electron chi connectivity index (χ2n) is 3.08. The van der Waals surface area contributed by atoms with E-state index in [2.05, 4.69) is 0 Å². The van der Waals surface area contributed by atoms with Crippen LogP contribution in [-0.2, 0) is 10.5 Å². The van der Waals surface area contributed by atoms with Gasteiger partial charge in [-0.25, -0.2) is 4.79 Å². The molecule has 0 radical (unpaired) electrons. The Morgan fingerprint density at radius 3 is 2.93 bits per heavy atom. The second-order valence-corrected chi connectivity index (χ2v) is 4.37. The van der Waals surface area contributed by atoms with Gasteiger partial charge in [-0.05, 0) is 6.07 Å². The molecule has 1 aliphatic rings. The van der Waals surface area contributed by atoms with Gasteiger partial charge in [-0.3, -0.25) is 0 Å². The van der Waals surface area contributed by atoms with Crippen LogP contribution in [0.5, 0.6) is 0 Å². The molecule has 2 heterocycles. The Morgan fingerprint density at radius 2 is 2.43 bits per heavy atom. The van der Waals surface area contributed by atoms with Crippen molar-refractivity contribution >= 4 is 17.7 Å². The first-order chi connectivity index (χ1) is 6.75.